The van der Waals surface area contributed by atoms with Gasteiger partial charge in [-0.1, -0.05) is 6.07 Å². The van der Waals surface area contributed by atoms with Crippen molar-refractivity contribution in [1.29, 1.82) is 0 Å². The molecule has 7 nitrogen and oxygen atoms in total. The van der Waals surface area contributed by atoms with Crippen LogP contribution in [-0.2, 0) is 19.4 Å². The van der Waals surface area contributed by atoms with Crippen LogP contribution in [0.4, 0.5) is 5.69 Å². The van der Waals surface area contributed by atoms with E-state index in [0.717, 1.165) is 6.26 Å². The zero-order valence-corrected chi connectivity index (χ0v) is 11.7. The molecule has 0 saturated carbocycles. The molecule has 0 aliphatic rings. The summed E-state index contributed by atoms with van der Waals surface area (Å²) in [6, 6.07) is 4.78. The first-order chi connectivity index (χ1) is 9.20. The average Bonchev–Trinajstić information content (AvgIpc) is 2.35. The number of hydrogen-bond acceptors (Lipinski definition) is 5. The van der Waals surface area contributed by atoms with Gasteiger partial charge in [0.2, 0.25) is 5.91 Å². The summed E-state index contributed by atoms with van der Waals surface area (Å²) in [6.45, 7) is 0. The standard InChI is InChI=1S/C12H16N2O5S/c1-20(18,19)9-4-2-3-8(7-9)14-12(17)10(13)5-6-11(15)16/h2-4,7,10H,5-6,13H2,1H3,(H,14,17)(H,15,16). The highest BCUT2D eigenvalue weighted by Gasteiger charge is 2.16. The summed E-state index contributed by atoms with van der Waals surface area (Å²) in [7, 11) is -3.36. The predicted octanol–water partition coefficient (Wildman–Crippen LogP) is 0.221. The Morgan fingerprint density at radius 1 is 1.40 bits per heavy atom. The largest absolute Gasteiger partial charge is 0.481 e. The maximum atomic E-state index is 11.7. The molecule has 1 unspecified atom stereocenters. The van der Waals surface area contributed by atoms with Gasteiger partial charge in [-0.15, -0.1) is 0 Å². The smallest absolute Gasteiger partial charge is 0.303 e. The number of aliphatic carboxylic acids is 1. The Balaban J connectivity index is 2.73. The van der Waals surface area contributed by atoms with E-state index in [4.69, 9.17) is 10.8 Å². The Morgan fingerprint density at radius 3 is 2.60 bits per heavy atom. The van der Waals surface area contributed by atoms with E-state index in [0.29, 0.717) is 5.69 Å². The van der Waals surface area contributed by atoms with Crippen molar-refractivity contribution in [3.63, 3.8) is 0 Å². The third-order valence-corrected chi connectivity index (χ3v) is 3.65. The van der Waals surface area contributed by atoms with Gasteiger partial charge in [0.25, 0.3) is 0 Å². The number of hydrogen-bond donors (Lipinski definition) is 3. The number of nitrogens with two attached hydrogens (primary N) is 1. The van der Waals surface area contributed by atoms with Crippen molar-refractivity contribution < 1.29 is 23.1 Å². The zero-order chi connectivity index (χ0) is 15.3. The molecule has 1 rings (SSSR count). The number of rotatable bonds is 6. The van der Waals surface area contributed by atoms with Crippen molar-refractivity contribution in [3.8, 4) is 0 Å². The molecule has 0 aliphatic heterocycles. The molecule has 20 heavy (non-hydrogen) atoms. The van der Waals surface area contributed by atoms with Crippen LogP contribution in [0.5, 0.6) is 0 Å². The van der Waals surface area contributed by atoms with E-state index in [2.05, 4.69) is 5.32 Å². The lowest BCUT2D eigenvalue weighted by Crippen LogP contribution is -2.36. The molecule has 0 radical (unpaired) electrons. The van der Waals surface area contributed by atoms with Gasteiger partial charge in [0.1, 0.15) is 0 Å². The summed E-state index contributed by atoms with van der Waals surface area (Å²) in [5.74, 6) is -1.59. The monoisotopic (exact) mass is 300 g/mol. The highest BCUT2D eigenvalue weighted by molar-refractivity contribution is 7.90. The van der Waals surface area contributed by atoms with Crippen molar-refractivity contribution in [2.45, 2.75) is 23.8 Å². The molecule has 8 heteroatoms. The molecule has 0 heterocycles. The summed E-state index contributed by atoms with van der Waals surface area (Å²) < 4.78 is 22.8. The fourth-order valence-corrected chi connectivity index (χ4v) is 2.12. The molecule has 1 aromatic carbocycles. The Kier molecular flexibility index (Phi) is 5.23. The Labute approximate surface area is 116 Å². The molecule has 1 atom stereocenters. The SMILES string of the molecule is CS(=O)(=O)c1cccc(NC(=O)C(N)CCC(=O)O)c1. The normalized spacial score (nSPS) is 12.7. The predicted molar refractivity (Wildman–Crippen MR) is 73.0 cm³/mol. The number of carbonyl (C=O) groups is 2. The summed E-state index contributed by atoms with van der Waals surface area (Å²) in [5, 5.41) is 11.0. The molecular formula is C12H16N2O5S. The maximum absolute atomic E-state index is 11.7. The first-order valence-corrected chi connectivity index (χ1v) is 7.67. The van der Waals surface area contributed by atoms with Gasteiger partial charge < -0.3 is 16.2 Å². The Bertz CT molecular complexity index is 612. The first-order valence-electron chi connectivity index (χ1n) is 5.78. The van der Waals surface area contributed by atoms with Crippen LogP contribution in [0.2, 0.25) is 0 Å². The van der Waals surface area contributed by atoms with E-state index in [1.807, 2.05) is 0 Å². The molecule has 0 spiro atoms. The topological polar surface area (TPSA) is 127 Å². The van der Waals surface area contributed by atoms with Crippen LogP contribution in [-0.4, -0.2) is 37.7 Å². The number of anilines is 1. The van der Waals surface area contributed by atoms with E-state index in [-0.39, 0.29) is 17.7 Å². The van der Waals surface area contributed by atoms with Gasteiger partial charge in [0.15, 0.2) is 9.84 Å². The second-order valence-corrected chi connectivity index (χ2v) is 6.34. The van der Waals surface area contributed by atoms with Crippen LogP contribution in [0.3, 0.4) is 0 Å². The third-order valence-electron chi connectivity index (χ3n) is 2.54. The van der Waals surface area contributed by atoms with Gasteiger partial charge in [-0.25, -0.2) is 8.42 Å². The van der Waals surface area contributed by atoms with Crippen LogP contribution in [0.1, 0.15) is 12.8 Å². The molecule has 0 aromatic heterocycles. The fourth-order valence-electron chi connectivity index (χ4n) is 1.45. The van der Waals surface area contributed by atoms with Gasteiger partial charge in [-0.3, -0.25) is 9.59 Å². The van der Waals surface area contributed by atoms with E-state index >= 15 is 0 Å². The summed E-state index contributed by atoms with van der Waals surface area (Å²) in [5.41, 5.74) is 5.84. The second kappa shape index (κ2) is 6.49. The number of amides is 1. The van der Waals surface area contributed by atoms with Gasteiger partial charge in [-0.05, 0) is 24.6 Å². The molecule has 110 valence electrons. The third kappa shape index (κ3) is 4.98. The number of sulfone groups is 1. The van der Waals surface area contributed by atoms with Gasteiger partial charge >= 0.3 is 5.97 Å². The lowest BCUT2D eigenvalue weighted by atomic mass is 10.1. The van der Waals surface area contributed by atoms with Crippen LogP contribution in [0.25, 0.3) is 0 Å². The summed E-state index contributed by atoms with van der Waals surface area (Å²) in [6.07, 6.45) is 0.859. The van der Waals surface area contributed by atoms with Crippen LogP contribution in [0, 0.1) is 0 Å². The molecule has 1 aromatic rings. The second-order valence-electron chi connectivity index (χ2n) is 4.33. The maximum Gasteiger partial charge on any atom is 0.303 e. The highest BCUT2D eigenvalue weighted by Crippen LogP contribution is 2.15. The number of benzene rings is 1. The van der Waals surface area contributed by atoms with Crippen molar-refractivity contribution in [2.24, 2.45) is 5.73 Å². The molecule has 1 amide bonds. The quantitative estimate of drug-likeness (QED) is 0.690. The van der Waals surface area contributed by atoms with E-state index in [9.17, 15) is 18.0 Å². The van der Waals surface area contributed by atoms with Crippen LogP contribution >= 0.6 is 0 Å². The van der Waals surface area contributed by atoms with Crippen molar-refractivity contribution >= 4 is 27.4 Å². The van der Waals surface area contributed by atoms with Crippen LogP contribution in [0.15, 0.2) is 29.2 Å². The van der Waals surface area contributed by atoms with Gasteiger partial charge in [-0.2, -0.15) is 0 Å². The van der Waals surface area contributed by atoms with E-state index in [1.165, 1.54) is 24.3 Å². The van der Waals surface area contributed by atoms with Crippen molar-refractivity contribution in [3.05, 3.63) is 24.3 Å². The van der Waals surface area contributed by atoms with Crippen LogP contribution < -0.4 is 11.1 Å². The lowest BCUT2D eigenvalue weighted by Gasteiger charge is -2.11. The zero-order valence-electron chi connectivity index (χ0n) is 10.9. The van der Waals surface area contributed by atoms with Crippen molar-refractivity contribution in [1.82, 2.24) is 0 Å². The Hall–Kier alpha value is -1.93. The number of carbonyl (C=O) groups excluding carboxylic acids is 1. The van der Waals surface area contributed by atoms with Crippen molar-refractivity contribution in [2.75, 3.05) is 11.6 Å². The van der Waals surface area contributed by atoms with Gasteiger partial charge in [0, 0.05) is 18.4 Å². The number of nitrogens with one attached hydrogen (secondary N) is 1. The number of carboxylic acids is 1. The van der Waals surface area contributed by atoms with E-state index in [1.54, 1.807) is 0 Å². The molecule has 4 N–H and O–H groups in total. The summed E-state index contributed by atoms with van der Waals surface area (Å²) >= 11 is 0. The fraction of sp³-hybridized carbons (Fsp3) is 0.333. The minimum atomic E-state index is -3.36. The van der Waals surface area contributed by atoms with Gasteiger partial charge in [0.05, 0.1) is 10.9 Å². The highest BCUT2D eigenvalue weighted by atomic mass is 32.2. The molecule has 0 fully saturated rings. The minimum Gasteiger partial charge on any atom is -0.481 e. The molecule has 0 bridgehead atoms. The molecule has 0 aliphatic carbocycles. The first kappa shape index (κ1) is 16.1. The average molecular weight is 300 g/mol. The lowest BCUT2D eigenvalue weighted by molar-refractivity contribution is -0.137. The van der Waals surface area contributed by atoms with E-state index < -0.39 is 27.8 Å². The molecular weight excluding hydrogens is 284 g/mol. The Morgan fingerprint density at radius 2 is 2.05 bits per heavy atom. The molecule has 0 saturated heterocycles. The number of carboxylic acid groups (broad SMARTS) is 1. The summed E-state index contributed by atoms with van der Waals surface area (Å²) in [4.78, 5) is 22.2. The minimum absolute atomic E-state index is 0.00688.